The van der Waals surface area contributed by atoms with Crippen molar-refractivity contribution >= 4 is 17.2 Å². The molecule has 1 atom stereocenters. The Hall–Kier alpha value is -2.60. The van der Waals surface area contributed by atoms with Crippen LogP contribution in [0.25, 0.3) is 10.6 Å². The summed E-state index contributed by atoms with van der Waals surface area (Å²) < 4.78 is 0. The van der Waals surface area contributed by atoms with Gasteiger partial charge in [-0.1, -0.05) is 6.07 Å². The van der Waals surface area contributed by atoms with Gasteiger partial charge in [-0.25, -0.2) is 4.98 Å². The Labute approximate surface area is 143 Å². The van der Waals surface area contributed by atoms with Crippen LogP contribution < -0.4 is 5.32 Å². The maximum absolute atomic E-state index is 12.6. The number of hydrogen-bond donors (Lipinski definition) is 1. The van der Waals surface area contributed by atoms with Gasteiger partial charge in [0.2, 0.25) is 0 Å². The molecule has 0 aromatic carbocycles. The lowest BCUT2D eigenvalue weighted by Crippen LogP contribution is -2.31. The van der Waals surface area contributed by atoms with Gasteiger partial charge < -0.3 is 5.32 Å². The average Bonchev–Trinajstić information content (AvgIpc) is 3.13. The van der Waals surface area contributed by atoms with E-state index in [1.807, 2.05) is 24.4 Å². The van der Waals surface area contributed by atoms with E-state index < -0.39 is 0 Å². The number of amides is 1. The maximum Gasteiger partial charge on any atom is 0.271 e. The molecule has 0 saturated carbocycles. The van der Waals surface area contributed by atoms with Crippen molar-refractivity contribution in [1.29, 1.82) is 0 Å². The van der Waals surface area contributed by atoms with Crippen LogP contribution in [0.1, 0.15) is 40.6 Å². The van der Waals surface area contributed by atoms with Gasteiger partial charge in [0.15, 0.2) is 0 Å². The average molecular weight is 336 g/mol. The Morgan fingerprint density at radius 3 is 3.04 bits per heavy atom. The van der Waals surface area contributed by atoms with Crippen molar-refractivity contribution in [3.8, 4) is 10.6 Å². The van der Waals surface area contributed by atoms with E-state index in [0.717, 1.165) is 41.1 Å². The molecule has 0 bridgehead atoms. The largest absolute Gasteiger partial charge is 0.344 e. The molecule has 3 aromatic heterocycles. The van der Waals surface area contributed by atoms with E-state index in [1.165, 1.54) is 11.3 Å². The van der Waals surface area contributed by atoms with E-state index in [-0.39, 0.29) is 11.9 Å². The van der Waals surface area contributed by atoms with E-state index >= 15 is 0 Å². The zero-order chi connectivity index (χ0) is 16.4. The Bertz CT molecular complexity index is 862. The first kappa shape index (κ1) is 15.0. The molecule has 0 fully saturated rings. The molecule has 1 unspecified atom stereocenters. The lowest BCUT2D eigenvalue weighted by atomic mass is 9.91. The molecule has 3 heterocycles. The van der Waals surface area contributed by atoms with Gasteiger partial charge in [-0.3, -0.25) is 14.8 Å². The van der Waals surface area contributed by atoms with Crippen molar-refractivity contribution in [2.45, 2.75) is 25.3 Å². The van der Waals surface area contributed by atoms with E-state index in [4.69, 9.17) is 0 Å². The molecule has 6 heteroatoms. The topological polar surface area (TPSA) is 67.8 Å². The van der Waals surface area contributed by atoms with Gasteiger partial charge in [-0.15, -0.1) is 11.3 Å². The molecule has 0 saturated heterocycles. The number of hydrogen-bond acceptors (Lipinski definition) is 5. The van der Waals surface area contributed by atoms with Crippen molar-refractivity contribution < 1.29 is 4.79 Å². The number of thiazole rings is 1. The van der Waals surface area contributed by atoms with Gasteiger partial charge in [0.25, 0.3) is 5.91 Å². The minimum atomic E-state index is -0.136. The molecule has 4 rings (SSSR count). The zero-order valence-electron chi connectivity index (χ0n) is 13.0. The van der Waals surface area contributed by atoms with Crippen LogP contribution in [0.3, 0.4) is 0 Å². The lowest BCUT2D eigenvalue weighted by Gasteiger charge is -2.25. The third-order valence-electron chi connectivity index (χ3n) is 4.16. The first-order valence-electron chi connectivity index (χ1n) is 7.92. The summed E-state index contributed by atoms with van der Waals surface area (Å²) in [5, 5.41) is 5.71. The highest BCUT2D eigenvalue weighted by Gasteiger charge is 2.23. The van der Waals surface area contributed by atoms with E-state index in [9.17, 15) is 4.79 Å². The molecule has 3 aromatic rings. The second kappa shape index (κ2) is 6.49. The van der Waals surface area contributed by atoms with Crippen LogP contribution in [0.2, 0.25) is 0 Å². The van der Waals surface area contributed by atoms with E-state index in [1.54, 1.807) is 17.8 Å². The third-order valence-corrected chi connectivity index (χ3v) is 5.05. The number of pyridine rings is 2. The number of aryl methyl sites for hydroxylation is 1. The number of rotatable bonds is 3. The van der Waals surface area contributed by atoms with Crippen molar-refractivity contribution in [3.63, 3.8) is 0 Å². The molecule has 24 heavy (non-hydrogen) atoms. The third kappa shape index (κ3) is 2.92. The zero-order valence-corrected chi connectivity index (χ0v) is 13.8. The van der Waals surface area contributed by atoms with Gasteiger partial charge in [-0.2, -0.15) is 0 Å². The monoisotopic (exact) mass is 336 g/mol. The van der Waals surface area contributed by atoms with Crippen LogP contribution >= 0.6 is 11.3 Å². The van der Waals surface area contributed by atoms with Crippen LogP contribution in [-0.2, 0) is 6.42 Å². The Kier molecular flexibility index (Phi) is 4.04. The molecule has 5 nitrogen and oxygen atoms in total. The van der Waals surface area contributed by atoms with Crippen LogP contribution in [0.5, 0.6) is 0 Å². The smallest absolute Gasteiger partial charge is 0.271 e. The standard InChI is InChI=1S/C18H16N4OS/c23-17(16-11-24-18(22-16)12-4-2-8-19-10-12)21-15-7-1-6-14-13(15)5-3-9-20-14/h2-5,8-11,15H,1,6-7H2,(H,21,23). The predicted molar refractivity (Wildman–Crippen MR) is 92.7 cm³/mol. The summed E-state index contributed by atoms with van der Waals surface area (Å²) in [4.78, 5) is 25.5. The van der Waals surface area contributed by atoms with Gasteiger partial charge in [0.1, 0.15) is 10.7 Å². The number of carbonyl (C=O) groups is 1. The number of aromatic nitrogens is 3. The first-order chi connectivity index (χ1) is 11.8. The van der Waals surface area contributed by atoms with Crippen molar-refractivity contribution in [2.75, 3.05) is 0 Å². The summed E-state index contributed by atoms with van der Waals surface area (Å²) in [6.07, 6.45) is 8.23. The molecule has 1 aliphatic rings. The summed E-state index contributed by atoms with van der Waals surface area (Å²) in [5.41, 5.74) is 3.59. The molecule has 1 aliphatic carbocycles. The SMILES string of the molecule is O=C(NC1CCCc2ncccc21)c1csc(-c2cccnc2)n1. The fraction of sp³-hybridized carbons (Fsp3) is 0.222. The van der Waals surface area contributed by atoms with Crippen molar-refractivity contribution in [1.82, 2.24) is 20.3 Å². The second-order valence-corrected chi connectivity index (χ2v) is 6.60. The van der Waals surface area contributed by atoms with Gasteiger partial charge in [-0.05, 0) is 43.0 Å². The van der Waals surface area contributed by atoms with Gasteiger partial charge >= 0.3 is 0 Å². The highest BCUT2D eigenvalue weighted by Crippen LogP contribution is 2.29. The quantitative estimate of drug-likeness (QED) is 0.796. The summed E-state index contributed by atoms with van der Waals surface area (Å²) in [7, 11) is 0. The van der Waals surface area contributed by atoms with Crippen molar-refractivity contribution in [2.24, 2.45) is 0 Å². The van der Waals surface area contributed by atoms with Crippen LogP contribution in [0, 0.1) is 0 Å². The fourth-order valence-corrected chi connectivity index (χ4v) is 3.78. The fourth-order valence-electron chi connectivity index (χ4n) is 2.99. The number of fused-ring (bicyclic) bond motifs is 1. The predicted octanol–water partition coefficient (Wildman–Crippen LogP) is 3.41. The summed E-state index contributed by atoms with van der Waals surface area (Å²) >= 11 is 1.45. The van der Waals surface area contributed by atoms with Crippen LogP contribution in [0.15, 0.2) is 48.2 Å². The number of nitrogens with one attached hydrogen (secondary N) is 1. The molecular formula is C18H16N4OS. The normalized spacial score (nSPS) is 16.4. The first-order valence-corrected chi connectivity index (χ1v) is 8.80. The molecule has 0 aliphatic heterocycles. The molecule has 1 N–H and O–H groups in total. The summed E-state index contributed by atoms with van der Waals surface area (Å²) in [6, 6.07) is 7.79. The number of carbonyl (C=O) groups excluding carboxylic acids is 1. The Balaban J connectivity index is 1.53. The highest BCUT2D eigenvalue weighted by atomic mass is 32.1. The van der Waals surface area contributed by atoms with Crippen molar-refractivity contribution in [3.05, 3.63) is 65.2 Å². The van der Waals surface area contributed by atoms with Gasteiger partial charge in [0.05, 0.1) is 6.04 Å². The molecule has 1 amide bonds. The van der Waals surface area contributed by atoms with Crippen LogP contribution in [0.4, 0.5) is 0 Å². The minimum Gasteiger partial charge on any atom is -0.344 e. The minimum absolute atomic E-state index is 0.0125. The van der Waals surface area contributed by atoms with E-state index in [0.29, 0.717) is 5.69 Å². The lowest BCUT2D eigenvalue weighted by molar-refractivity contribution is 0.0928. The molecule has 0 radical (unpaired) electrons. The maximum atomic E-state index is 12.6. The van der Waals surface area contributed by atoms with E-state index in [2.05, 4.69) is 26.3 Å². The van der Waals surface area contributed by atoms with Gasteiger partial charge in [0, 0.05) is 35.2 Å². The second-order valence-electron chi connectivity index (χ2n) is 5.74. The molecule has 120 valence electrons. The Morgan fingerprint density at radius 2 is 2.17 bits per heavy atom. The number of nitrogens with zero attached hydrogens (tertiary/aromatic N) is 3. The Morgan fingerprint density at radius 1 is 1.25 bits per heavy atom. The molecule has 0 spiro atoms. The summed E-state index contributed by atoms with van der Waals surface area (Å²) in [5.74, 6) is -0.136. The van der Waals surface area contributed by atoms with Crippen LogP contribution in [-0.4, -0.2) is 20.9 Å². The highest BCUT2D eigenvalue weighted by molar-refractivity contribution is 7.13. The summed E-state index contributed by atoms with van der Waals surface area (Å²) in [6.45, 7) is 0. The molecular weight excluding hydrogens is 320 g/mol.